The van der Waals surface area contributed by atoms with Gasteiger partial charge in [-0.25, -0.2) is 25.9 Å². The zero-order valence-electron chi connectivity index (χ0n) is 15.3. The molecule has 10 heteroatoms. The maximum Gasteiger partial charge on any atom is 0.240 e. The molecule has 0 radical (unpaired) electrons. The minimum Gasteiger partial charge on any atom is -0.497 e. The summed E-state index contributed by atoms with van der Waals surface area (Å²) in [4.78, 5) is -0.0234. The molecular weight excluding hydrogens is 437 g/mol. The molecule has 6 nitrogen and oxygen atoms in total. The first-order valence-corrected chi connectivity index (χ1v) is 12.3. The van der Waals surface area contributed by atoms with Gasteiger partial charge in [-0.1, -0.05) is 18.2 Å². The van der Waals surface area contributed by atoms with Gasteiger partial charge in [-0.3, -0.25) is 0 Å². The second-order valence-corrected chi connectivity index (χ2v) is 11.1. The van der Waals surface area contributed by atoms with Gasteiger partial charge in [-0.15, -0.1) is 11.3 Å². The molecule has 29 heavy (non-hydrogen) atoms. The average molecular weight is 456 g/mol. The highest BCUT2D eigenvalue weighted by molar-refractivity contribution is 7.93. The monoisotopic (exact) mass is 455 g/mol. The third-order valence-electron chi connectivity index (χ3n) is 4.22. The van der Waals surface area contributed by atoms with Crippen molar-refractivity contribution in [1.29, 1.82) is 0 Å². The molecule has 1 heterocycles. The van der Waals surface area contributed by atoms with Crippen LogP contribution in [0.4, 0.5) is 4.39 Å². The summed E-state index contributed by atoms with van der Waals surface area (Å²) >= 11 is 1.04. The van der Waals surface area contributed by atoms with Crippen molar-refractivity contribution in [1.82, 2.24) is 4.72 Å². The van der Waals surface area contributed by atoms with E-state index >= 15 is 0 Å². The summed E-state index contributed by atoms with van der Waals surface area (Å²) in [7, 11) is -6.39. The van der Waals surface area contributed by atoms with Crippen LogP contribution in [-0.4, -0.2) is 30.5 Å². The zero-order chi connectivity index (χ0) is 21.1. The molecule has 0 saturated carbocycles. The quantitative estimate of drug-likeness (QED) is 0.562. The molecule has 1 atom stereocenters. The molecule has 3 aromatic rings. The minimum atomic E-state index is -3.97. The van der Waals surface area contributed by atoms with E-state index in [4.69, 9.17) is 4.74 Å². The summed E-state index contributed by atoms with van der Waals surface area (Å²) in [5, 5.41) is 0.408. The van der Waals surface area contributed by atoms with Crippen molar-refractivity contribution >= 4 is 31.2 Å². The standard InChI is InChI=1S/C19H18FNO5S3/c1-26-16-8-10-17(11-9-16)29(24,25)21-13-18(14-4-6-15(20)7-5-14)28(22,23)19-3-2-12-27-19/h2-12,18,21H,13H2,1H3/t18-/m0/s1. The van der Waals surface area contributed by atoms with Crippen LogP contribution in [0.5, 0.6) is 5.75 Å². The second kappa shape index (κ2) is 8.62. The van der Waals surface area contributed by atoms with Crippen molar-refractivity contribution in [3.05, 3.63) is 77.4 Å². The van der Waals surface area contributed by atoms with Gasteiger partial charge < -0.3 is 4.74 Å². The van der Waals surface area contributed by atoms with Crippen LogP contribution in [0, 0.1) is 5.82 Å². The lowest BCUT2D eigenvalue weighted by molar-refractivity contribution is 0.414. The number of halogens is 1. The molecule has 3 rings (SSSR count). The topological polar surface area (TPSA) is 89.5 Å². The Bertz CT molecular complexity index is 1160. The van der Waals surface area contributed by atoms with Crippen molar-refractivity contribution in [3.8, 4) is 5.75 Å². The molecule has 0 bridgehead atoms. The fourth-order valence-corrected chi connectivity index (χ4v) is 6.69. The normalized spacial score (nSPS) is 13.2. The summed E-state index contributed by atoms with van der Waals surface area (Å²) in [6, 6.07) is 13.7. The predicted octanol–water partition coefficient (Wildman–Crippen LogP) is 3.39. The first kappa shape index (κ1) is 21.4. The fourth-order valence-electron chi connectivity index (χ4n) is 2.67. The molecule has 0 aliphatic rings. The number of methoxy groups -OCH3 is 1. The second-order valence-electron chi connectivity index (χ2n) is 6.04. The van der Waals surface area contributed by atoms with Gasteiger partial charge in [-0.05, 0) is 53.4 Å². The molecule has 0 aliphatic heterocycles. The Labute approximate surface area is 172 Å². The number of hydrogen-bond donors (Lipinski definition) is 1. The Balaban J connectivity index is 1.91. The van der Waals surface area contributed by atoms with E-state index in [2.05, 4.69) is 4.72 Å². The van der Waals surface area contributed by atoms with E-state index in [0.717, 1.165) is 23.5 Å². The maximum atomic E-state index is 13.3. The smallest absolute Gasteiger partial charge is 0.240 e. The number of sulfone groups is 1. The van der Waals surface area contributed by atoms with Crippen molar-refractivity contribution < 1.29 is 26.0 Å². The van der Waals surface area contributed by atoms with E-state index in [-0.39, 0.29) is 14.7 Å². The largest absolute Gasteiger partial charge is 0.497 e. The molecule has 2 aromatic carbocycles. The van der Waals surface area contributed by atoms with Crippen LogP contribution in [0.25, 0.3) is 0 Å². The van der Waals surface area contributed by atoms with Crippen LogP contribution in [-0.2, 0) is 19.9 Å². The highest BCUT2D eigenvalue weighted by Crippen LogP contribution is 2.31. The number of nitrogens with one attached hydrogen (secondary N) is 1. The Morgan fingerprint density at radius 3 is 2.21 bits per heavy atom. The first-order valence-electron chi connectivity index (χ1n) is 8.40. The molecular formula is C19H18FNO5S3. The lowest BCUT2D eigenvalue weighted by atomic mass is 10.1. The molecule has 1 aromatic heterocycles. The Hall–Kier alpha value is -2.27. The molecule has 0 fully saturated rings. The van der Waals surface area contributed by atoms with E-state index in [1.54, 1.807) is 11.4 Å². The third kappa shape index (κ3) is 4.84. The Morgan fingerprint density at radius 1 is 1.00 bits per heavy atom. The van der Waals surface area contributed by atoms with Gasteiger partial charge in [0.1, 0.15) is 21.0 Å². The number of rotatable bonds is 8. The first-order chi connectivity index (χ1) is 13.7. The third-order valence-corrected chi connectivity index (χ3v) is 9.19. The SMILES string of the molecule is COc1ccc(S(=O)(=O)NC[C@@H](c2ccc(F)cc2)S(=O)(=O)c2cccs2)cc1. The molecule has 0 spiro atoms. The summed E-state index contributed by atoms with van der Waals surface area (Å²) in [5.74, 6) is -0.0201. The number of thiophene rings is 1. The molecule has 154 valence electrons. The van der Waals surface area contributed by atoms with Crippen LogP contribution in [0.15, 0.2) is 75.1 Å². The Morgan fingerprint density at radius 2 is 1.66 bits per heavy atom. The molecule has 0 unspecified atom stereocenters. The van der Waals surface area contributed by atoms with Gasteiger partial charge in [0.15, 0.2) is 9.84 Å². The number of hydrogen-bond acceptors (Lipinski definition) is 6. The van der Waals surface area contributed by atoms with E-state index in [9.17, 15) is 21.2 Å². The van der Waals surface area contributed by atoms with E-state index < -0.39 is 37.5 Å². The molecule has 1 N–H and O–H groups in total. The van der Waals surface area contributed by atoms with Crippen LogP contribution >= 0.6 is 11.3 Å². The van der Waals surface area contributed by atoms with Crippen LogP contribution in [0.1, 0.15) is 10.8 Å². The predicted molar refractivity (Wildman–Crippen MR) is 109 cm³/mol. The van der Waals surface area contributed by atoms with Gasteiger partial charge in [-0.2, -0.15) is 0 Å². The molecule has 0 saturated heterocycles. The minimum absolute atomic E-state index is 0.0234. The summed E-state index contributed by atoms with van der Waals surface area (Å²) in [5.41, 5.74) is 0.289. The highest BCUT2D eigenvalue weighted by atomic mass is 32.2. The van der Waals surface area contributed by atoms with Gasteiger partial charge in [0.25, 0.3) is 0 Å². The highest BCUT2D eigenvalue weighted by Gasteiger charge is 2.31. The van der Waals surface area contributed by atoms with Crippen molar-refractivity contribution in [2.75, 3.05) is 13.7 Å². The van der Waals surface area contributed by atoms with Gasteiger partial charge >= 0.3 is 0 Å². The zero-order valence-corrected chi connectivity index (χ0v) is 17.7. The van der Waals surface area contributed by atoms with E-state index in [1.807, 2.05) is 0 Å². The lowest BCUT2D eigenvalue weighted by Crippen LogP contribution is -2.31. The van der Waals surface area contributed by atoms with Crippen molar-refractivity contribution in [2.24, 2.45) is 0 Å². The van der Waals surface area contributed by atoms with Gasteiger partial charge in [0.05, 0.1) is 12.0 Å². The van der Waals surface area contributed by atoms with Gasteiger partial charge in [0.2, 0.25) is 10.0 Å². The van der Waals surface area contributed by atoms with Gasteiger partial charge in [0, 0.05) is 6.54 Å². The summed E-state index contributed by atoms with van der Waals surface area (Å²) in [6.07, 6.45) is 0. The summed E-state index contributed by atoms with van der Waals surface area (Å²) in [6.45, 7) is -0.403. The average Bonchev–Trinajstić information content (AvgIpc) is 3.25. The summed E-state index contributed by atoms with van der Waals surface area (Å²) < 4.78 is 72.2. The van der Waals surface area contributed by atoms with E-state index in [1.165, 1.54) is 49.6 Å². The van der Waals surface area contributed by atoms with Crippen molar-refractivity contribution in [3.63, 3.8) is 0 Å². The Kier molecular flexibility index (Phi) is 6.37. The maximum absolute atomic E-state index is 13.3. The molecule has 0 amide bonds. The van der Waals surface area contributed by atoms with E-state index in [0.29, 0.717) is 5.75 Å². The van der Waals surface area contributed by atoms with Crippen LogP contribution in [0.3, 0.4) is 0 Å². The van der Waals surface area contributed by atoms with Crippen LogP contribution < -0.4 is 9.46 Å². The number of sulfonamides is 1. The number of ether oxygens (including phenoxy) is 1. The molecule has 0 aliphatic carbocycles. The van der Waals surface area contributed by atoms with Crippen LogP contribution in [0.2, 0.25) is 0 Å². The van der Waals surface area contributed by atoms with Crippen molar-refractivity contribution in [2.45, 2.75) is 14.4 Å². The number of benzene rings is 2. The lowest BCUT2D eigenvalue weighted by Gasteiger charge is -2.18. The fraction of sp³-hybridized carbons (Fsp3) is 0.158.